The molecule has 0 fully saturated rings. The molecular weight excluding hydrogens is 395 g/mol. The van der Waals surface area contributed by atoms with Gasteiger partial charge in [-0.05, 0) is 35.2 Å². The van der Waals surface area contributed by atoms with E-state index in [0.717, 1.165) is 10.4 Å². The molecule has 3 rings (SSSR count). The zero-order valence-corrected chi connectivity index (χ0v) is 16.4. The van der Waals surface area contributed by atoms with E-state index in [0.29, 0.717) is 5.95 Å². The predicted octanol–water partition coefficient (Wildman–Crippen LogP) is 2.56. The number of thiophene rings is 1. The molecule has 0 aliphatic heterocycles. The lowest BCUT2D eigenvalue weighted by atomic mass is 10.1. The van der Waals surface area contributed by atoms with Gasteiger partial charge in [0.25, 0.3) is 5.91 Å². The van der Waals surface area contributed by atoms with Crippen LogP contribution in [0.25, 0.3) is 0 Å². The molecule has 7 nitrogen and oxygen atoms in total. The summed E-state index contributed by atoms with van der Waals surface area (Å²) in [6, 6.07) is 10.9. The van der Waals surface area contributed by atoms with Crippen molar-refractivity contribution in [2.45, 2.75) is 6.04 Å². The van der Waals surface area contributed by atoms with E-state index in [1.165, 1.54) is 28.4 Å². The third-order valence-electron chi connectivity index (χ3n) is 3.96. The Hall–Kier alpha value is -3.33. The van der Waals surface area contributed by atoms with Crippen LogP contribution in [0.5, 0.6) is 0 Å². The Labute approximate surface area is 171 Å². The van der Waals surface area contributed by atoms with E-state index in [9.17, 15) is 14.0 Å². The first-order valence-corrected chi connectivity index (χ1v) is 9.63. The van der Waals surface area contributed by atoms with Crippen LogP contribution in [0, 0.1) is 5.82 Å². The SMILES string of the molecule is CN(CC(=O)OCC(=O)NC(c1ccc(F)cc1)c1cccs1)c1ncccn1. The fourth-order valence-electron chi connectivity index (χ4n) is 2.58. The van der Waals surface area contributed by atoms with Crippen LogP contribution in [0.4, 0.5) is 10.3 Å². The van der Waals surface area contributed by atoms with Crippen molar-refractivity contribution in [3.05, 3.63) is 76.5 Å². The van der Waals surface area contributed by atoms with Crippen molar-refractivity contribution in [1.29, 1.82) is 0 Å². The molecule has 1 amide bonds. The van der Waals surface area contributed by atoms with Crippen molar-refractivity contribution in [1.82, 2.24) is 15.3 Å². The van der Waals surface area contributed by atoms with Gasteiger partial charge >= 0.3 is 5.97 Å². The normalized spacial score (nSPS) is 11.5. The summed E-state index contributed by atoms with van der Waals surface area (Å²) in [6.07, 6.45) is 3.13. The summed E-state index contributed by atoms with van der Waals surface area (Å²) >= 11 is 1.47. The number of nitrogens with zero attached hydrogens (tertiary/aromatic N) is 3. The van der Waals surface area contributed by atoms with Crippen LogP contribution in [-0.4, -0.2) is 42.0 Å². The van der Waals surface area contributed by atoms with Gasteiger partial charge in [-0.1, -0.05) is 18.2 Å². The molecule has 29 heavy (non-hydrogen) atoms. The van der Waals surface area contributed by atoms with Crippen LogP contribution in [0.2, 0.25) is 0 Å². The number of benzene rings is 1. The van der Waals surface area contributed by atoms with E-state index in [2.05, 4.69) is 15.3 Å². The average molecular weight is 414 g/mol. The number of carbonyl (C=O) groups is 2. The lowest BCUT2D eigenvalue weighted by Crippen LogP contribution is -2.35. The number of nitrogens with one attached hydrogen (secondary N) is 1. The van der Waals surface area contributed by atoms with Gasteiger partial charge in [0.2, 0.25) is 5.95 Å². The maximum absolute atomic E-state index is 13.2. The van der Waals surface area contributed by atoms with Gasteiger partial charge in [-0.3, -0.25) is 9.59 Å². The number of carbonyl (C=O) groups excluding carboxylic acids is 2. The number of hydrogen-bond acceptors (Lipinski definition) is 7. The highest BCUT2D eigenvalue weighted by Crippen LogP contribution is 2.26. The van der Waals surface area contributed by atoms with Crippen molar-refractivity contribution in [2.24, 2.45) is 0 Å². The predicted molar refractivity (Wildman–Crippen MR) is 107 cm³/mol. The van der Waals surface area contributed by atoms with Crippen molar-refractivity contribution in [3.63, 3.8) is 0 Å². The zero-order valence-electron chi connectivity index (χ0n) is 15.6. The van der Waals surface area contributed by atoms with Crippen molar-refractivity contribution >= 4 is 29.2 Å². The Kier molecular flexibility index (Phi) is 6.85. The number of ether oxygens (including phenoxy) is 1. The molecule has 0 radical (unpaired) electrons. The number of rotatable bonds is 8. The maximum Gasteiger partial charge on any atom is 0.326 e. The third kappa shape index (κ3) is 5.82. The fourth-order valence-corrected chi connectivity index (χ4v) is 3.38. The average Bonchev–Trinajstić information content (AvgIpc) is 3.26. The Morgan fingerprint density at radius 3 is 2.55 bits per heavy atom. The first-order chi connectivity index (χ1) is 14.0. The van der Waals surface area contributed by atoms with E-state index in [4.69, 9.17) is 4.74 Å². The van der Waals surface area contributed by atoms with Gasteiger partial charge in [0.05, 0.1) is 6.04 Å². The molecule has 150 valence electrons. The fraction of sp³-hybridized carbons (Fsp3) is 0.200. The minimum Gasteiger partial charge on any atom is -0.454 e. The van der Waals surface area contributed by atoms with Crippen LogP contribution in [0.15, 0.2) is 60.2 Å². The van der Waals surface area contributed by atoms with E-state index in [1.54, 1.807) is 37.6 Å². The summed E-state index contributed by atoms with van der Waals surface area (Å²) in [4.78, 5) is 34.8. The third-order valence-corrected chi connectivity index (χ3v) is 4.90. The molecule has 9 heteroatoms. The Morgan fingerprint density at radius 2 is 1.90 bits per heavy atom. The van der Waals surface area contributed by atoms with Gasteiger partial charge in [0.1, 0.15) is 12.4 Å². The quantitative estimate of drug-likeness (QED) is 0.571. The molecule has 0 aliphatic carbocycles. The summed E-state index contributed by atoms with van der Waals surface area (Å²) in [5.41, 5.74) is 0.731. The summed E-state index contributed by atoms with van der Waals surface area (Å²) in [7, 11) is 1.65. The Balaban J connectivity index is 1.56. The van der Waals surface area contributed by atoms with Gasteiger partial charge in [-0.25, -0.2) is 14.4 Å². The highest BCUT2D eigenvalue weighted by Gasteiger charge is 2.19. The lowest BCUT2D eigenvalue weighted by molar-refractivity contribution is -0.147. The first-order valence-electron chi connectivity index (χ1n) is 8.75. The second-order valence-electron chi connectivity index (χ2n) is 6.13. The monoisotopic (exact) mass is 414 g/mol. The first kappa shape index (κ1) is 20.4. The lowest BCUT2D eigenvalue weighted by Gasteiger charge is -2.19. The van der Waals surface area contributed by atoms with Crippen LogP contribution < -0.4 is 10.2 Å². The van der Waals surface area contributed by atoms with Crippen LogP contribution in [-0.2, 0) is 14.3 Å². The van der Waals surface area contributed by atoms with Gasteiger partial charge in [-0.2, -0.15) is 0 Å². The van der Waals surface area contributed by atoms with E-state index < -0.39 is 24.5 Å². The second kappa shape index (κ2) is 9.74. The van der Waals surface area contributed by atoms with E-state index in [1.807, 2.05) is 17.5 Å². The molecule has 0 saturated carbocycles. The number of amides is 1. The van der Waals surface area contributed by atoms with Crippen LogP contribution in [0.1, 0.15) is 16.5 Å². The van der Waals surface area contributed by atoms with Crippen LogP contribution >= 0.6 is 11.3 Å². The minimum absolute atomic E-state index is 0.0936. The van der Waals surface area contributed by atoms with Crippen molar-refractivity contribution in [3.8, 4) is 0 Å². The van der Waals surface area contributed by atoms with Crippen LogP contribution in [0.3, 0.4) is 0 Å². The van der Waals surface area contributed by atoms with E-state index >= 15 is 0 Å². The minimum atomic E-state index is -0.579. The summed E-state index contributed by atoms with van der Waals surface area (Å²) in [5, 5.41) is 4.72. The van der Waals surface area contributed by atoms with Gasteiger partial charge in [0, 0.05) is 24.3 Å². The highest BCUT2D eigenvalue weighted by atomic mass is 32.1. The Morgan fingerprint density at radius 1 is 1.17 bits per heavy atom. The largest absolute Gasteiger partial charge is 0.454 e. The van der Waals surface area contributed by atoms with E-state index in [-0.39, 0.29) is 12.4 Å². The molecular formula is C20H19FN4O3S. The molecule has 0 aliphatic rings. The number of halogens is 1. The standard InChI is InChI=1S/C20H19FN4O3S/c1-25(20-22-9-3-10-23-20)12-18(27)28-13-17(26)24-19(16-4-2-11-29-16)14-5-7-15(21)8-6-14/h2-11,19H,12-13H2,1H3,(H,24,26). The summed E-state index contributed by atoms with van der Waals surface area (Å²) in [6.45, 7) is -0.519. The number of anilines is 1. The number of esters is 1. The van der Waals surface area contributed by atoms with Gasteiger partial charge in [0.15, 0.2) is 6.61 Å². The molecule has 3 aromatic rings. The maximum atomic E-state index is 13.2. The summed E-state index contributed by atoms with van der Waals surface area (Å²) < 4.78 is 18.3. The highest BCUT2D eigenvalue weighted by molar-refractivity contribution is 7.10. The smallest absolute Gasteiger partial charge is 0.326 e. The number of likely N-dealkylation sites (N-methyl/N-ethyl adjacent to an activating group) is 1. The topological polar surface area (TPSA) is 84.4 Å². The Bertz CT molecular complexity index is 936. The molecule has 2 aromatic heterocycles. The molecule has 0 bridgehead atoms. The molecule has 1 atom stereocenters. The molecule has 0 saturated heterocycles. The van der Waals surface area contributed by atoms with Gasteiger partial charge < -0.3 is 15.0 Å². The summed E-state index contributed by atoms with van der Waals surface area (Å²) in [5.74, 6) is -1.02. The molecule has 1 aromatic carbocycles. The number of aromatic nitrogens is 2. The molecule has 1 N–H and O–H groups in total. The molecule has 2 heterocycles. The van der Waals surface area contributed by atoms with Crippen molar-refractivity contribution < 1.29 is 18.7 Å². The number of hydrogen-bond donors (Lipinski definition) is 1. The molecule has 1 unspecified atom stereocenters. The second-order valence-corrected chi connectivity index (χ2v) is 7.11. The molecule has 0 spiro atoms. The zero-order chi connectivity index (χ0) is 20.6. The van der Waals surface area contributed by atoms with Gasteiger partial charge in [-0.15, -0.1) is 11.3 Å². The van der Waals surface area contributed by atoms with Crippen molar-refractivity contribution in [2.75, 3.05) is 25.1 Å².